The maximum Gasteiger partial charge on any atom is 0.128 e. The molecule has 106 valence electrons. The van der Waals surface area contributed by atoms with E-state index < -0.39 is 6.10 Å². The van der Waals surface area contributed by atoms with Crippen LogP contribution in [-0.4, -0.2) is 19.3 Å². The molecule has 0 bridgehead atoms. The molecule has 4 heteroatoms. The van der Waals surface area contributed by atoms with Crippen LogP contribution in [0.5, 0.6) is 11.5 Å². The third-order valence-electron chi connectivity index (χ3n) is 3.23. The topological polar surface area (TPSA) is 38.7 Å². The molecule has 1 atom stereocenters. The van der Waals surface area contributed by atoms with E-state index in [1.165, 1.54) is 0 Å². The molecule has 0 aliphatic rings. The van der Waals surface area contributed by atoms with Gasteiger partial charge >= 0.3 is 0 Å². The number of halogens is 1. The standard InChI is InChI=1S/C16H17ClO3/c1-10-8-11(4-7-14(10)17)16(18)13-6-5-12(19-2)9-15(13)20-3/h4-9,16,18H,1-3H3. The van der Waals surface area contributed by atoms with Crippen molar-refractivity contribution in [1.82, 2.24) is 0 Å². The molecule has 0 fully saturated rings. The Morgan fingerprint density at radius 3 is 2.40 bits per heavy atom. The fraction of sp³-hybridized carbons (Fsp3) is 0.250. The molecule has 0 spiro atoms. The van der Waals surface area contributed by atoms with Gasteiger partial charge in [0, 0.05) is 16.7 Å². The van der Waals surface area contributed by atoms with Gasteiger partial charge in [-0.25, -0.2) is 0 Å². The summed E-state index contributed by atoms with van der Waals surface area (Å²) >= 11 is 6.01. The summed E-state index contributed by atoms with van der Waals surface area (Å²) < 4.78 is 10.5. The molecule has 1 N–H and O–H groups in total. The van der Waals surface area contributed by atoms with Gasteiger partial charge in [-0.2, -0.15) is 0 Å². The molecule has 0 radical (unpaired) electrons. The Hall–Kier alpha value is -1.71. The molecule has 0 saturated carbocycles. The zero-order valence-corrected chi connectivity index (χ0v) is 12.4. The Kier molecular flexibility index (Phi) is 4.53. The predicted molar refractivity (Wildman–Crippen MR) is 79.8 cm³/mol. The van der Waals surface area contributed by atoms with Crippen molar-refractivity contribution in [1.29, 1.82) is 0 Å². The molecule has 2 aromatic carbocycles. The molecule has 1 unspecified atom stereocenters. The van der Waals surface area contributed by atoms with Crippen molar-refractivity contribution in [2.75, 3.05) is 14.2 Å². The second-order valence-electron chi connectivity index (χ2n) is 4.52. The van der Waals surface area contributed by atoms with Crippen molar-refractivity contribution in [2.45, 2.75) is 13.0 Å². The molecule has 2 aromatic rings. The van der Waals surface area contributed by atoms with E-state index in [-0.39, 0.29) is 0 Å². The minimum absolute atomic E-state index is 0.587. The zero-order valence-electron chi connectivity index (χ0n) is 11.7. The lowest BCUT2D eigenvalue weighted by molar-refractivity contribution is 0.214. The number of hydrogen-bond donors (Lipinski definition) is 1. The summed E-state index contributed by atoms with van der Waals surface area (Å²) in [6, 6.07) is 10.8. The maximum absolute atomic E-state index is 10.5. The zero-order chi connectivity index (χ0) is 14.7. The average molecular weight is 293 g/mol. The van der Waals surface area contributed by atoms with Crippen LogP contribution < -0.4 is 9.47 Å². The minimum Gasteiger partial charge on any atom is -0.497 e. The van der Waals surface area contributed by atoms with Gasteiger partial charge in [-0.15, -0.1) is 0 Å². The molecule has 0 aliphatic carbocycles. The Balaban J connectivity index is 2.41. The highest BCUT2D eigenvalue weighted by Gasteiger charge is 2.16. The number of methoxy groups -OCH3 is 2. The van der Waals surface area contributed by atoms with E-state index in [2.05, 4.69) is 0 Å². The van der Waals surface area contributed by atoms with Gasteiger partial charge in [0.15, 0.2) is 0 Å². The number of aliphatic hydroxyl groups is 1. The van der Waals surface area contributed by atoms with Crippen LogP contribution in [-0.2, 0) is 0 Å². The summed E-state index contributed by atoms with van der Waals surface area (Å²) in [7, 11) is 3.16. The van der Waals surface area contributed by atoms with E-state index >= 15 is 0 Å². The molecule has 0 amide bonds. The van der Waals surface area contributed by atoms with Crippen LogP contribution in [0.3, 0.4) is 0 Å². The summed E-state index contributed by atoms with van der Waals surface area (Å²) in [4.78, 5) is 0. The average Bonchev–Trinajstić information content (AvgIpc) is 2.48. The van der Waals surface area contributed by atoms with Crippen LogP contribution in [0.1, 0.15) is 22.8 Å². The molecule has 20 heavy (non-hydrogen) atoms. The van der Waals surface area contributed by atoms with Crippen LogP contribution in [0.2, 0.25) is 5.02 Å². The van der Waals surface area contributed by atoms with Crippen molar-refractivity contribution in [2.24, 2.45) is 0 Å². The van der Waals surface area contributed by atoms with Crippen LogP contribution in [0.15, 0.2) is 36.4 Å². The first-order chi connectivity index (χ1) is 9.56. The van der Waals surface area contributed by atoms with Gasteiger partial charge in [0.05, 0.1) is 14.2 Å². The molecule has 0 saturated heterocycles. The van der Waals surface area contributed by atoms with Gasteiger partial charge in [0.25, 0.3) is 0 Å². The number of ether oxygens (including phenoxy) is 2. The fourth-order valence-electron chi connectivity index (χ4n) is 2.06. The van der Waals surface area contributed by atoms with Gasteiger partial charge in [0.1, 0.15) is 17.6 Å². The van der Waals surface area contributed by atoms with Crippen molar-refractivity contribution in [3.8, 4) is 11.5 Å². The Labute approximate surface area is 123 Å². The summed E-state index contributed by atoms with van der Waals surface area (Å²) in [5.41, 5.74) is 2.39. The summed E-state index contributed by atoms with van der Waals surface area (Å²) in [5, 5.41) is 11.2. The molecular formula is C16H17ClO3. The lowest BCUT2D eigenvalue weighted by Gasteiger charge is -2.16. The van der Waals surface area contributed by atoms with Crippen LogP contribution in [0.4, 0.5) is 0 Å². The quantitative estimate of drug-likeness (QED) is 0.933. The SMILES string of the molecule is COc1ccc(C(O)c2ccc(Cl)c(C)c2)c(OC)c1. The highest BCUT2D eigenvalue weighted by molar-refractivity contribution is 6.31. The van der Waals surface area contributed by atoms with Crippen molar-refractivity contribution < 1.29 is 14.6 Å². The number of rotatable bonds is 4. The number of benzene rings is 2. The highest BCUT2D eigenvalue weighted by Crippen LogP contribution is 2.33. The van der Waals surface area contributed by atoms with E-state index in [0.29, 0.717) is 22.1 Å². The van der Waals surface area contributed by atoms with Gasteiger partial charge < -0.3 is 14.6 Å². The summed E-state index contributed by atoms with van der Waals surface area (Å²) in [6.45, 7) is 1.91. The Bertz CT molecular complexity index is 611. The normalized spacial score (nSPS) is 12.1. The van der Waals surface area contributed by atoms with E-state index in [1.54, 1.807) is 38.5 Å². The first-order valence-corrected chi connectivity index (χ1v) is 6.60. The lowest BCUT2D eigenvalue weighted by atomic mass is 9.99. The van der Waals surface area contributed by atoms with Crippen molar-refractivity contribution in [3.63, 3.8) is 0 Å². The third-order valence-corrected chi connectivity index (χ3v) is 3.66. The molecule has 0 heterocycles. The van der Waals surface area contributed by atoms with Crippen molar-refractivity contribution >= 4 is 11.6 Å². The second-order valence-corrected chi connectivity index (χ2v) is 4.93. The Morgan fingerprint density at radius 2 is 1.80 bits per heavy atom. The smallest absolute Gasteiger partial charge is 0.128 e. The summed E-state index contributed by atoms with van der Waals surface area (Å²) in [6.07, 6.45) is -0.771. The van der Waals surface area contributed by atoms with Crippen LogP contribution >= 0.6 is 11.6 Å². The third kappa shape index (κ3) is 2.89. The molecule has 0 aliphatic heterocycles. The Morgan fingerprint density at radius 1 is 1.05 bits per heavy atom. The highest BCUT2D eigenvalue weighted by atomic mass is 35.5. The number of aliphatic hydroxyl groups excluding tert-OH is 1. The molecule has 0 aromatic heterocycles. The number of hydrogen-bond acceptors (Lipinski definition) is 3. The van der Waals surface area contributed by atoms with E-state index in [0.717, 1.165) is 11.1 Å². The van der Waals surface area contributed by atoms with E-state index in [4.69, 9.17) is 21.1 Å². The van der Waals surface area contributed by atoms with E-state index in [9.17, 15) is 5.11 Å². The van der Waals surface area contributed by atoms with E-state index in [1.807, 2.05) is 19.1 Å². The predicted octanol–water partition coefficient (Wildman–Crippen LogP) is 3.75. The first kappa shape index (κ1) is 14.7. The minimum atomic E-state index is -0.771. The van der Waals surface area contributed by atoms with Crippen LogP contribution in [0.25, 0.3) is 0 Å². The molecular weight excluding hydrogens is 276 g/mol. The molecule has 3 nitrogen and oxygen atoms in total. The van der Waals surface area contributed by atoms with Crippen molar-refractivity contribution in [3.05, 3.63) is 58.1 Å². The first-order valence-electron chi connectivity index (χ1n) is 6.23. The fourth-order valence-corrected chi connectivity index (χ4v) is 2.18. The molecule has 2 rings (SSSR count). The van der Waals surface area contributed by atoms with Gasteiger partial charge in [-0.3, -0.25) is 0 Å². The summed E-state index contributed by atoms with van der Waals surface area (Å²) in [5.74, 6) is 1.27. The van der Waals surface area contributed by atoms with Gasteiger partial charge in [-0.05, 0) is 36.2 Å². The lowest BCUT2D eigenvalue weighted by Crippen LogP contribution is -2.03. The largest absolute Gasteiger partial charge is 0.497 e. The number of aryl methyl sites for hydroxylation is 1. The van der Waals surface area contributed by atoms with Crippen LogP contribution in [0, 0.1) is 6.92 Å². The maximum atomic E-state index is 10.5. The van der Waals surface area contributed by atoms with Gasteiger partial charge in [-0.1, -0.05) is 23.7 Å². The second kappa shape index (κ2) is 6.16. The van der Waals surface area contributed by atoms with Gasteiger partial charge in [0.2, 0.25) is 0 Å². The monoisotopic (exact) mass is 292 g/mol.